The second kappa shape index (κ2) is 10.2. The van der Waals surface area contributed by atoms with Crippen molar-refractivity contribution in [2.45, 2.75) is 113 Å². The van der Waals surface area contributed by atoms with Crippen molar-refractivity contribution in [3.63, 3.8) is 0 Å². The van der Waals surface area contributed by atoms with E-state index in [4.69, 9.17) is 23.7 Å². The lowest BCUT2D eigenvalue weighted by Gasteiger charge is -2.44. The fraction of sp³-hybridized carbons (Fsp3) is 0.688. The van der Waals surface area contributed by atoms with Crippen LogP contribution in [-0.4, -0.2) is 70.6 Å². The van der Waals surface area contributed by atoms with Crippen LogP contribution < -0.4 is 9.47 Å². The molecule has 2 saturated heterocycles. The number of methoxy groups -OCH3 is 1. The lowest BCUT2D eigenvalue weighted by atomic mass is 9.77. The van der Waals surface area contributed by atoms with Crippen LogP contribution in [0.4, 0.5) is 0 Å². The third kappa shape index (κ3) is 5.16. The summed E-state index contributed by atoms with van der Waals surface area (Å²) in [4.78, 5) is 30.3. The predicted molar refractivity (Wildman–Crippen MR) is 156 cm³/mol. The summed E-state index contributed by atoms with van der Waals surface area (Å²) in [5, 5.41) is -0.0629. The Kier molecular flexibility index (Phi) is 7.18. The Morgan fingerprint density at radius 1 is 1.07 bits per heavy atom. The highest BCUT2D eigenvalue weighted by molar-refractivity contribution is 8.14. The number of thioether (sulfide) groups is 1. The van der Waals surface area contributed by atoms with Crippen LogP contribution in [0.1, 0.15) is 90.2 Å². The summed E-state index contributed by atoms with van der Waals surface area (Å²) in [6.45, 7) is 12.1. The number of nitrogens with zero attached hydrogens (tertiary/aromatic N) is 1. The zero-order valence-electron chi connectivity index (χ0n) is 25.2. The second-order valence-electron chi connectivity index (χ2n) is 13.8. The number of carbonyl (C=O) groups is 2. The van der Waals surface area contributed by atoms with Crippen LogP contribution in [0.5, 0.6) is 11.5 Å². The zero-order chi connectivity index (χ0) is 29.2. The van der Waals surface area contributed by atoms with Gasteiger partial charge in [0, 0.05) is 11.3 Å². The number of benzene rings is 1. The number of esters is 1. The van der Waals surface area contributed by atoms with E-state index in [1.807, 2.05) is 34.6 Å². The van der Waals surface area contributed by atoms with Crippen molar-refractivity contribution >= 4 is 22.8 Å². The van der Waals surface area contributed by atoms with Crippen LogP contribution in [0.2, 0.25) is 0 Å². The molecule has 0 aromatic heterocycles. The molecule has 9 heteroatoms. The normalized spacial score (nSPS) is 31.9. The lowest BCUT2D eigenvalue weighted by molar-refractivity contribution is -0.213. The van der Waals surface area contributed by atoms with E-state index < -0.39 is 23.3 Å². The van der Waals surface area contributed by atoms with Gasteiger partial charge in [-0.3, -0.25) is 9.69 Å². The van der Waals surface area contributed by atoms with Gasteiger partial charge in [0.2, 0.25) is 6.79 Å². The Bertz CT molecular complexity index is 1270. The molecule has 1 spiro atoms. The van der Waals surface area contributed by atoms with Crippen molar-refractivity contribution in [2.24, 2.45) is 0 Å². The first-order valence-electron chi connectivity index (χ1n) is 14.9. The molecule has 1 aromatic rings. The highest BCUT2D eigenvalue weighted by Crippen LogP contribution is 2.56. The first kappa shape index (κ1) is 28.9. The molecule has 41 heavy (non-hydrogen) atoms. The minimum atomic E-state index is -1.34. The van der Waals surface area contributed by atoms with Crippen molar-refractivity contribution < 1.29 is 33.3 Å². The Hall–Kier alpha value is -2.23. The molecule has 0 N–H and O–H groups in total. The van der Waals surface area contributed by atoms with E-state index in [1.165, 1.54) is 17.3 Å². The third-order valence-corrected chi connectivity index (χ3v) is 10.2. The highest BCUT2D eigenvalue weighted by atomic mass is 32.2. The third-order valence-electron chi connectivity index (χ3n) is 9.25. The molecule has 8 nitrogen and oxygen atoms in total. The van der Waals surface area contributed by atoms with Gasteiger partial charge in [-0.25, -0.2) is 4.79 Å². The van der Waals surface area contributed by atoms with Crippen LogP contribution in [0.15, 0.2) is 24.0 Å². The van der Waals surface area contributed by atoms with Crippen molar-refractivity contribution in [3.05, 3.63) is 35.1 Å². The average molecular weight is 586 g/mol. The van der Waals surface area contributed by atoms with Gasteiger partial charge in [0.15, 0.2) is 28.3 Å². The molecule has 1 aromatic carbocycles. The van der Waals surface area contributed by atoms with Gasteiger partial charge in [-0.15, -0.1) is 0 Å². The maximum atomic E-state index is 14.4. The van der Waals surface area contributed by atoms with Crippen LogP contribution in [0.25, 0.3) is 0 Å². The first-order chi connectivity index (χ1) is 19.3. The van der Waals surface area contributed by atoms with E-state index in [0.29, 0.717) is 12.2 Å². The summed E-state index contributed by atoms with van der Waals surface area (Å²) < 4.78 is 30.3. The molecule has 0 saturated carbocycles. The van der Waals surface area contributed by atoms with Crippen molar-refractivity contribution in [3.8, 4) is 11.5 Å². The van der Waals surface area contributed by atoms with Gasteiger partial charge < -0.3 is 23.7 Å². The minimum absolute atomic E-state index is 0.0207. The molecule has 5 aliphatic rings. The van der Waals surface area contributed by atoms with E-state index in [2.05, 4.69) is 23.1 Å². The molecule has 4 atom stereocenters. The van der Waals surface area contributed by atoms with E-state index in [0.717, 1.165) is 62.3 Å². The molecule has 0 bridgehead atoms. The summed E-state index contributed by atoms with van der Waals surface area (Å²) in [6, 6.07) is 4.17. The molecular formula is C32H43NO7S. The SMILES string of the molecule is COC1=C[C@]23CCCN2CCc2cc4c(cc2[C@@H]3C1OC(=O)[C@]1(CC(=O)SC(C)(C)C)CCCC(C)(C)O1)OCO4. The van der Waals surface area contributed by atoms with Gasteiger partial charge >= 0.3 is 5.97 Å². The molecule has 0 radical (unpaired) electrons. The molecule has 2 fully saturated rings. The number of fused-ring (bicyclic) bond motifs is 3. The molecular weight excluding hydrogens is 542 g/mol. The fourth-order valence-electron chi connectivity index (χ4n) is 7.70. The number of hydrogen-bond donors (Lipinski definition) is 0. The standard InChI is InChI=1S/C32H43NO7S/c1-29(2,3)41-25(34)18-32(12-7-10-30(4,5)40-32)28(35)39-27-24(36-6)17-31-11-8-13-33(31)14-9-20-15-22-23(38-19-37-22)16-21(20)26(27)31/h15-17,26-27H,7-14,18-19H2,1-6H3/t26-,27?,31+,32-/m1/s1. The van der Waals surface area contributed by atoms with Gasteiger partial charge in [0.1, 0.15) is 5.76 Å². The zero-order valence-corrected chi connectivity index (χ0v) is 26.0. The molecule has 224 valence electrons. The maximum Gasteiger partial charge on any atom is 0.339 e. The molecule has 1 aliphatic carbocycles. The Labute approximate surface area is 247 Å². The minimum Gasteiger partial charge on any atom is -0.497 e. The summed E-state index contributed by atoms with van der Waals surface area (Å²) >= 11 is 1.25. The van der Waals surface area contributed by atoms with Gasteiger partial charge in [-0.05, 0) is 88.3 Å². The van der Waals surface area contributed by atoms with Crippen LogP contribution in [0.3, 0.4) is 0 Å². The lowest BCUT2D eigenvalue weighted by Crippen LogP contribution is -2.54. The van der Waals surface area contributed by atoms with Crippen molar-refractivity contribution in [1.82, 2.24) is 4.90 Å². The smallest absolute Gasteiger partial charge is 0.339 e. The van der Waals surface area contributed by atoms with E-state index >= 15 is 0 Å². The second-order valence-corrected chi connectivity index (χ2v) is 15.6. The van der Waals surface area contributed by atoms with E-state index in [9.17, 15) is 9.59 Å². The molecule has 1 unspecified atom stereocenters. The summed E-state index contributed by atoms with van der Waals surface area (Å²) in [5.41, 5.74) is 0.0752. The predicted octanol–water partition coefficient (Wildman–Crippen LogP) is 5.51. The number of hydrogen-bond acceptors (Lipinski definition) is 9. The monoisotopic (exact) mass is 585 g/mol. The Morgan fingerprint density at radius 3 is 2.54 bits per heavy atom. The Balaban J connectivity index is 1.38. The van der Waals surface area contributed by atoms with Gasteiger partial charge in [0.25, 0.3) is 0 Å². The van der Waals surface area contributed by atoms with Crippen LogP contribution in [0, 0.1) is 0 Å². The maximum absolute atomic E-state index is 14.4. The average Bonchev–Trinajstić information content (AvgIpc) is 3.55. The number of carbonyl (C=O) groups excluding carboxylic acids is 2. The van der Waals surface area contributed by atoms with E-state index in [1.54, 1.807) is 7.11 Å². The molecule has 0 amide bonds. The highest BCUT2D eigenvalue weighted by Gasteiger charge is 2.60. The van der Waals surface area contributed by atoms with Gasteiger partial charge in [0.05, 0.1) is 30.6 Å². The Morgan fingerprint density at radius 2 is 1.83 bits per heavy atom. The van der Waals surface area contributed by atoms with Gasteiger partial charge in [-0.2, -0.15) is 0 Å². The largest absolute Gasteiger partial charge is 0.497 e. The first-order valence-corrected chi connectivity index (χ1v) is 15.7. The topological polar surface area (TPSA) is 83.5 Å². The number of ether oxygens (including phenoxy) is 5. The van der Waals surface area contributed by atoms with Crippen LogP contribution >= 0.6 is 11.8 Å². The summed E-state index contributed by atoms with van der Waals surface area (Å²) in [5.74, 6) is 1.48. The summed E-state index contributed by atoms with van der Waals surface area (Å²) in [6.07, 6.45) is 6.45. The fourth-order valence-corrected chi connectivity index (χ4v) is 8.69. The quantitative estimate of drug-likeness (QED) is 0.415. The van der Waals surface area contributed by atoms with Crippen LogP contribution in [-0.2, 0) is 30.2 Å². The van der Waals surface area contributed by atoms with E-state index in [-0.39, 0.29) is 34.5 Å². The number of rotatable bonds is 5. The molecule has 4 aliphatic heterocycles. The van der Waals surface area contributed by atoms with Gasteiger partial charge in [-0.1, -0.05) is 32.5 Å². The van der Waals surface area contributed by atoms with Crippen molar-refractivity contribution in [1.29, 1.82) is 0 Å². The molecule has 6 rings (SSSR count). The van der Waals surface area contributed by atoms with Crippen molar-refractivity contribution in [2.75, 3.05) is 27.0 Å². The summed E-state index contributed by atoms with van der Waals surface area (Å²) in [7, 11) is 1.65. The molecule has 4 heterocycles.